The summed E-state index contributed by atoms with van der Waals surface area (Å²) in [6.07, 6.45) is 3.25. The minimum Gasteiger partial charge on any atom is -0.478 e. The van der Waals surface area contributed by atoms with Gasteiger partial charge in [-0.25, -0.2) is 4.79 Å². The van der Waals surface area contributed by atoms with E-state index in [4.69, 9.17) is 5.11 Å². The molecule has 2 aromatic carbocycles. The Labute approximate surface area is 133 Å². The molecule has 0 aliphatic carbocycles. The minimum absolute atomic E-state index is 0.114. The first kappa shape index (κ1) is 16.5. The van der Waals surface area contributed by atoms with Crippen LogP contribution in [-0.2, 0) is 6.42 Å². The number of hydrogen-bond acceptors (Lipinski definition) is 4. The lowest BCUT2D eigenvalue weighted by Crippen LogP contribution is -2.01. The highest BCUT2D eigenvalue weighted by molar-refractivity contribution is 5.90. The number of hydrogen-bond donors (Lipinski definition) is 2. The monoisotopic (exact) mass is 314 g/mol. The molecule has 0 aliphatic heterocycles. The van der Waals surface area contributed by atoms with E-state index < -0.39 is 10.9 Å². The molecular formula is C17H18N2O4. The van der Waals surface area contributed by atoms with Gasteiger partial charge >= 0.3 is 5.97 Å². The molecule has 6 heteroatoms. The van der Waals surface area contributed by atoms with Gasteiger partial charge in [0.1, 0.15) is 5.69 Å². The minimum atomic E-state index is -1.19. The van der Waals surface area contributed by atoms with Crippen molar-refractivity contribution in [2.45, 2.75) is 26.2 Å². The maximum Gasteiger partial charge on any atom is 0.335 e. The van der Waals surface area contributed by atoms with Gasteiger partial charge in [-0.3, -0.25) is 10.1 Å². The Kier molecular flexibility index (Phi) is 5.30. The van der Waals surface area contributed by atoms with Crippen LogP contribution in [0.15, 0.2) is 42.5 Å². The van der Waals surface area contributed by atoms with Crippen LogP contribution in [0.3, 0.4) is 0 Å². The summed E-state index contributed by atoms with van der Waals surface area (Å²) >= 11 is 0. The van der Waals surface area contributed by atoms with Gasteiger partial charge in [0.2, 0.25) is 0 Å². The molecule has 0 amide bonds. The average Bonchev–Trinajstić information content (AvgIpc) is 2.54. The van der Waals surface area contributed by atoms with Gasteiger partial charge < -0.3 is 10.4 Å². The summed E-state index contributed by atoms with van der Waals surface area (Å²) in [7, 11) is 0. The predicted molar refractivity (Wildman–Crippen MR) is 88.4 cm³/mol. The Bertz CT molecular complexity index is 711. The van der Waals surface area contributed by atoms with Crippen LogP contribution in [0, 0.1) is 10.1 Å². The second-order valence-electron chi connectivity index (χ2n) is 5.22. The third-order valence-electron chi connectivity index (χ3n) is 3.49. The summed E-state index contributed by atoms with van der Waals surface area (Å²) in [6, 6.07) is 11.5. The molecule has 0 radical (unpaired) electrons. The van der Waals surface area contributed by atoms with Crippen molar-refractivity contribution in [3.63, 3.8) is 0 Å². The quantitative estimate of drug-likeness (QED) is 0.584. The van der Waals surface area contributed by atoms with Crippen molar-refractivity contribution < 1.29 is 14.8 Å². The lowest BCUT2D eigenvalue weighted by Gasteiger charge is -2.09. The van der Waals surface area contributed by atoms with Crippen molar-refractivity contribution in [2.24, 2.45) is 0 Å². The Morgan fingerprint density at radius 2 is 1.91 bits per heavy atom. The number of aryl methyl sites for hydroxylation is 1. The van der Waals surface area contributed by atoms with Crippen molar-refractivity contribution in [3.05, 3.63) is 63.7 Å². The Balaban J connectivity index is 2.22. The van der Waals surface area contributed by atoms with Crippen molar-refractivity contribution in [2.75, 3.05) is 5.32 Å². The first-order valence-corrected chi connectivity index (χ1v) is 7.39. The molecule has 2 aromatic rings. The predicted octanol–water partition coefficient (Wildman–Crippen LogP) is 4.38. The van der Waals surface area contributed by atoms with Gasteiger partial charge in [-0.1, -0.05) is 25.5 Å². The van der Waals surface area contributed by atoms with E-state index in [2.05, 4.69) is 12.2 Å². The summed E-state index contributed by atoms with van der Waals surface area (Å²) in [5.74, 6) is -1.19. The molecule has 0 saturated carbocycles. The number of anilines is 2. The fraction of sp³-hybridized carbons (Fsp3) is 0.235. The molecule has 0 spiro atoms. The average molecular weight is 314 g/mol. The molecule has 0 aliphatic rings. The zero-order chi connectivity index (χ0) is 16.8. The molecule has 0 bridgehead atoms. The normalized spacial score (nSPS) is 10.3. The van der Waals surface area contributed by atoms with E-state index in [1.807, 2.05) is 24.3 Å². The molecular weight excluding hydrogens is 296 g/mol. The summed E-state index contributed by atoms with van der Waals surface area (Å²) in [6.45, 7) is 2.13. The highest BCUT2D eigenvalue weighted by Crippen LogP contribution is 2.29. The van der Waals surface area contributed by atoms with E-state index in [1.165, 1.54) is 17.7 Å². The largest absolute Gasteiger partial charge is 0.478 e. The summed E-state index contributed by atoms with van der Waals surface area (Å²) in [5, 5.41) is 23.0. The van der Waals surface area contributed by atoms with Crippen LogP contribution in [0.5, 0.6) is 0 Å². The van der Waals surface area contributed by atoms with Crippen molar-refractivity contribution in [3.8, 4) is 0 Å². The summed E-state index contributed by atoms with van der Waals surface area (Å²) in [5.41, 5.74) is 1.82. The molecule has 2 rings (SSSR count). The molecule has 120 valence electrons. The number of carboxylic acid groups (broad SMARTS) is 1. The van der Waals surface area contributed by atoms with Crippen molar-refractivity contribution >= 4 is 23.0 Å². The van der Waals surface area contributed by atoms with Gasteiger partial charge in [0.15, 0.2) is 0 Å². The number of aromatic carboxylic acids is 1. The lowest BCUT2D eigenvalue weighted by molar-refractivity contribution is -0.383. The number of unbranched alkanes of at least 4 members (excludes halogenated alkanes) is 1. The lowest BCUT2D eigenvalue weighted by atomic mass is 10.1. The topological polar surface area (TPSA) is 92.5 Å². The number of nitro benzene ring substituents is 1. The van der Waals surface area contributed by atoms with Gasteiger partial charge in [-0.15, -0.1) is 0 Å². The number of benzene rings is 2. The maximum atomic E-state index is 11.1. The number of nitro groups is 1. The number of rotatable bonds is 7. The fourth-order valence-corrected chi connectivity index (χ4v) is 2.21. The number of nitrogens with zero attached hydrogens (tertiary/aromatic N) is 1. The maximum absolute atomic E-state index is 11.1. The van der Waals surface area contributed by atoms with Gasteiger partial charge in [0.05, 0.1) is 10.5 Å². The molecule has 0 aromatic heterocycles. The molecule has 0 unspecified atom stereocenters. The van der Waals surface area contributed by atoms with Crippen LogP contribution < -0.4 is 5.32 Å². The number of nitrogens with one attached hydrogen (secondary N) is 1. The molecule has 0 heterocycles. The number of carbonyl (C=O) groups is 1. The van der Waals surface area contributed by atoms with Crippen LogP contribution in [0.2, 0.25) is 0 Å². The first-order valence-electron chi connectivity index (χ1n) is 7.39. The highest BCUT2D eigenvalue weighted by Gasteiger charge is 2.17. The zero-order valence-corrected chi connectivity index (χ0v) is 12.8. The molecule has 2 N–H and O–H groups in total. The Hall–Kier alpha value is -2.89. The zero-order valence-electron chi connectivity index (χ0n) is 12.8. The van der Waals surface area contributed by atoms with Crippen molar-refractivity contribution in [1.82, 2.24) is 0 Å². The highest BCUT2D eigenvalue weighted by atomic mass is 16.6. The van der Waals surface area contributed by atoms with Crippen LogP contribution >= 0.6 is 0 Å². The second kappa shape index (κ2) is 7.40. The standard InChI is InChI=1S/C17H18N2O4/c1-2-3-4-12-5-8-14(9-6-12)18-15-10-7-13(17(20)21)11-16(15)19(22)23/h5-11,18H,2-4H2,1H3,(H,20,21). The first-order chi connectivity index (χ1) is 11.0. The van der Waals surface area contributed by atoms with Gasteiger partial charge in [-0.05, 0) is 42.7 Å². The van der Waals surface area contributed by atoms with Gasteiger partial charge in [-0.2, -0.15) is 0 Å². The van der Waals surface area contributed by atoms with Crippen LogP contribution in [-0.4, -0.2) is 16.0 Å². The Morgan fingerprint density at radius 1 is 1.22 bits per heavy atom. The van der Waals surface area contributed by atoms with Gasteiger partial charge in [0, 0.05) is 11.8 Å². The second-order valence-corrected chi connectivity index (χ2v) is 5.22. The van der Waals surface area contributed by atoms with Crippen LogP contribution in [0.1, 0.15) is 35.7 Å². The van der Waals surface area contributed by atoms with E-state index in [0.717, 1.165) is 31.0 Å². The van der Waals surface area contributed by atoms with Crippen LogP contribution in [0.25, 0.3) is 0 Å². The number of carboxylic acids is 1. The van der Waals surface area contributed by atoms with Gasteiger partial charge in [0.25, 0.3) is 5.69 Å². The molecule has 6 nitrogen and oxygen atoms in total. The molecule has 0 saturated heterocycles. The third-order valence-corrected chi connectivity index (χ3v) is 3.49. The smallest absolute Gasteiger partial charge is 0.335 e. The molecule has 23 heavy (non-hydrogen) atoms. The van der Waals surface area contributed by atoms with E-state index in [-0.39, 0.29) is 16.9 Å². The third kappa shape index (κ3) is 4.29. The van der Waals surface area contributed by atoms with E-state index in [9.17, 15) is 14.9 Å². The van der Waals surface area contributed by atoms with E-state index >= 15 is 0 Å². The van der Waals surface area contributed by atoms with Crippen molar-refractivity contribution in [1.29, 1.82) is 0 Å². The van der Waals surface area contributed by atoms with E-state index in [1.54, 1.807) is 0 Å². The fourth-order valence-electron chi connectivity index (χ4n) is 2.21. The Morgan fingerprint density at radius 3 is 2.48 bits per heavy atom. The van der Waals surface area contributed by atoms with E-state index in [0.29, 0.717) is 0 Å². The summed E-state index contributed by atoms with van der Waals surface area (Å²) in [4.78, 5) is 21.5. The van der Waals surface area contributed by atoms with Crippen LogP contribution in [0.4, 0.5) is 17.1 Å². The molecule has 0 atom stereocenters. The SMILES string of the molecule is CCCCc1ccc(Nc2ccc(C(=O)O)cc2[N+](=O)[O-])cc1. The summed E-state index contributed by atoms with van der Waals surface area (Å²) < 4.78 is 0. The molecule has 0 fully saturated rings.